The highest BCUT2D eigenvalue weighted by atomic mass is 15.3. The lowest BCUT2D eigenvalue weighted by Crippen LogP contribution is -2.33. The maximum Gasteiger partial charge on any atom is 0.102 e. The minimum absolute atomic E-state index is 0.0472. The van der Waals surface area contributed by atoms with Crippen LogP contribution >= 0.6 is 0 Å². The highest BCUT2D eigenvalue weighted by Gasteiger charge is 2.28. The molecule has 2 rings (SSSR count). The number of nitrogens with one attached hydrogen (secondary N) is 2. The van der Waals surface area contributed by atoms with Crippen LogP contribution in [0.15, 0.2) is 18.2 Å². The first-order valence-electron chi connectivity index (χ1n) is 4.86. The van der Waals surface area contributed by atoms with E-state index < -0.39 is 0 Å². The molecule has 0 bridgehead atoms. The largest absolute Gasteiger partial charge is 0.376 e. The van der Waals surface area contributed by atoms with Crippen molar-refractivity contribution in [2.45, 2.75) is 19.5 Å². The van der Waals surface area contributed by atoms with Crippen molar-refractivity contribution in [3.8, 4) is 0 Å². The van der Waals surface area contributed by atoms with Gasteiger partial charge in [-0.1, -0.05) is 6.07 Å². The zero-order valence-corrected chi connectivity index (χ0v) is 9.18. The van der Waals surface area contributed by atoms with Crippen molar-refractivity contribution in [3.05, 3.63) is 18.2 Å². The third-order valence-corrected chi connectivity index (χ3v) is 2.41. The van der Waals surface area contributed by atoms with Crippen LogP contribution in [0.25, 0.3) is 0 Å². The van der Waals surface area contributed by atoms with Crippen LogP contribution in [0, 0.1) is 0 Å². The van der Waals surface area contributed by atoms with Crippen LogP contribution in [0.2, 0.25) is 0 Å². The molecule has 3 nitrogen and oxygen atoms in total. The Bertz CT molecular complexity index is 356. The van der Waals surface area contributed by atoms with E-state index in [1.807, 2.05) is 0 Å². The van der Waals surface area contributed by atoms with Crippen molar-refractivity contribution >= 4 is 17.1 Å². The highest BCUT2D eigenvalue weighted by Crippen LogP contribution is 2.40. The SMILES string of the molecule is CN(C)c1cccc2c1NC(C)(C)N2. The van der Waals surface area contributed by atoms with Gasteiger partial charge in [-0.3, -0.25) is 0 Å². The molecule has 0 atom stereocenters. The summed E-state index contributed by atoms with van der Waals surface area (Å²) in [6.07, 6.45) is 0. The molecule has 14 heavy (non-hydrogen) atoms. The molecule has 0 unspecified atom stereocenters. The Kier molecular flexibility index (Phi) is 1.84. The smallest absolute Gasteiger partial charge is 0.102 e. The van der Waals surface area contributed by atoms with Gasteiger partial charge in [0.25, 0.3) is 0 Å². The van der Waals surface area contributed by atoms with E-state index in [1.165, 1.54) is 17.1 Å². The fraction of sp³-hybridized carbons (Fsp3) is 0.455. The van der Waals surface area contributed by atoms with Gasteiger partial charge < -0.3 is 15.5 Å². The number of rotatable bonds is 1. The summed E-state index contributed by atoms with van der Waals surface area (Å²) in [5.74, 6) is 0. The van der Waals surface area contributed by atoms with E-state index in [0.29, 0.717) is 0 Å². The predicted molar refractivity (Wildman–Crippen MR) is 62.1 cm³/mol. The molecule has 0 amide bonds. The standard InChI is InChI=1S/C11H17N3/c1-11(2)12-8-6-5-7-9(14(3)4)10(8)13-11/h5-7,12-13H,1-4H3. The summed E-state index contributed by atoms with van der Waals surface area (Å²) in [5, 5.41) is 6.90. The molecule has 0 saturated carbocycles. The van der Waals surface area contributed by atoms with Crippen LogP contribution in [0.5, 0.6) is 0 Å². The molecule has 0 spiro atoms. The maximum atomic E-state index is 3.47. The second-order valence-corrected chi connectivity index (χ2v) is 4.47. The van der Waals surface area contributed by atoms with Crippen LogP contribution in [0.1, 0.15) is 13.8 Å². The first-order chi connectivity index (χ1) is 6.49. The molecule has 2 N–H and O–H groups in total. The van der Waals surface area contributed by atoms with E-state index in [0.717, 1.165) is 0 Å². The number of fused-ring (bicyclic) bond motifs is 1. The van der Waals surface area contributed by atoms with Crippen LogP contribution in [0.4, 0.5) is 17.1 Å². The van der Waals surface area contributed by atoms with Crippen molar-refractivity contribution in [2.75, 3.05) is 29.6 Å². The van der Waals surface area contributed by atoms with Gasteiger partial charge in [-0.05, 0) is 26.0 Å². The number of para-hydroxylation sites is 1. The molecular formula is C11H17N3. The molecule has 0 radical (unpaired) electrons. The summed E-state index contributed by atoms with van der Waals surface area (Å²) >= 11 is 0. The quantitative estimate of drug-likeness (QED) is 0.713. The molecule has 0 aromatic heterocycles. The van der Waals surface area contributed by atoms with E-state index in [-0.39, 0.29) is 5.66 Å². The molecule has 1 heterocycles. The first-order valence-corrected chi connectivity index (χ1v) is 4.86. The number of anilines is 3. The van der Waals surface area contributed by atoms with Gasteiger partial charge in [-0.15, -0.1) is 0 Å². The third kappa shape index (κ3) is 1.39. The molecule has 1 aliphatic rings. The van der Waals surface area contributed by atoms with Crippen molar-refractivity contribution in [2.24, 2.45) is 0 Å². The lowest BCUT2D eigenvalue weighted by molar-refractivity contribution is 0.675. The first kappa shape index (κ1) is 9.19. The van der Waals surface area contributed by atoms with E-state index in [2.05, 4.69) is 61.7 Å². The molecule has 76 valence electrons. The van der Waals surface area contributed by atoms with Gasteiger partial charge in [-0.25, -0.2) is 0 Å². The van der Waals surface area contributed by atoms with Crippen molar-refractivity contribution in [1.29, 1.82) is 0 Å². The number of benzene rings is 1. The topological polar surface area (TPSA) is 27.3 Å². The third-order valence-electron chi connectivity index (χ3n) is 2.41. The van der Waals surface area contributed by atoms with Crippen molar-refractivity contribution in [3.63, 3.8) is 0 Å². The van der Waals surface area contributed by atoms with E-state index in [4.69, 9.17) is 0 Å². The second-order valence-electron chi connectivity index (χ2n) is 4.47. The van der Waals surface area contributed by atoms with Crippen LogP contribution in [-0.4, -0.2) is 19.8 Å². The maximum absolute atomic E-state index is 3.47. The van der Waals surface area contributed by atoms with Gasteiger partial charge in [0.05, 0.1) is 17.1 Å². The minimum Gasteiger partial charge on any atom is -0.376 e. The summed E-state index contributed by atoms with van der Waals surface area (Å²) in [6.45, 7) is 4.26. The zero-order valence-electron chi connectivity index (χ0n) is 9.18. The van der Waals surface area contributed by atoms with Gasteiger partial charge in [0.15, 0.2) is 0 Å². The van der Waals surface area contributed by atoms with Crippen LogP contribution in [0.3, 0.4) is 0 Å². The fourth-order valence-electron chi connectivity index (χ4n) is 1.83. The molecule has 1 aromatic rings. The Hall–Kier alpha value is -1.38. The monoisotopic (exact) mass is 191 g/mol. The predicted octanol–water partition coefficient (Wildman–Crippen LogP) is 2.33. The van der Waals surface area contributed by atoms with E-state index in [9.17, 15) is 0 Å². The lowest BCUT2D eigenvalue weighted by Gasteiger charge is -2.21. The van der Waals surface area contributed by atoms with Crippen molar-refractivity contribution in [1.82, 2.24) is 0 Å². The average molecular weight is 191 g/mol. The Morgan fingerprint density at radius 3 is 2.50 bits per heavy atom. The van der Waals surface area contributed by atoms with Crippen molar-refractivity contribution < 1.29 is 0 Å². The minimum atomic E-state index is -0.0472. The molecule has 0 saturated heterocycles. The van der Waals surface area contributed by atoms with Gasteiger partial charge in [0.1, 0.15) is 5.66 Å². The highest BCUT2D eigenvalue weighted by molar-refractivity contribution is 5.87. The van der Waals surface area contributed by atoms with Gasteiger partial charge in [-0.2, -0.15) is 0 Å². The van der Waals surface area contributed by atoms with Gasteiger partial charge in [0.2, 0.25) is 0 Å². The van der Waals surface area contributed by atoms with E-state index in [1.54, 1.807) is 0 Å². The van der Waals surface area contributed by atoms with E-state index >= 15 is 0 Å². The average Bonchev–Trinajstić information content (AvgIpc) is 2.36. The molecule has 3 heteroatoms. The molecule has 1 aromatic carbocycles. The van der Waals surface area contributed by atoms with Crippen LogP contribution < -0.4 is 15.5 Å². The normalized spacial score (nSPS) is 16.9. The van der Waals surface area contributed by atoms with Gasteiger partial charge in [0, 0.05) is 14.1 Å². The van der Waals surface area contributed by atoms with Gasteiger partial charge >= 0.3 is 0 Å². The summed E-state index contributed by atoms with van der Waals surface area (Å²) < 4.78 is 0. The number of hydrogen-bond donors (Lipinski definition) is 2. The molecular weight excluding hydrogens is 174 g/mol. The fourth-order valence-corrected chi connectivity index (χ4v) is 1.83. The zero-order chi connectivity index (χ0) is 10.3. The lowest BCUT2D eigenvalue weighted by atomic mass is 10.2. The molecule has 0 fully saturated rings. The number of nitrogens with zero attached hydrogens (tertiary/aromatic N) is 1. The Morgan fingerprint density at radius 1 is 1.14 bits per heavy atom. The summed E-state index contributed by atoms with van der Waals surface area (Å²) in [7, 11) is 4.12. The Labute approximate surface area is 85.1 Å². The molecule has 1 aliphatic heterocycles. The Balaban J connectivity index is 2.46. The number of hydrogen-bond acceptors (Lipinski definition) is 3. The Morgan fingerprint density at radius 2 is 1.86 bits per heavy atom. The summed E-state index contributed by atoms with van der Waals surface area (Å²) in [4.78, 5) is 2.12. The summed E-state index contributed by atoms with van der Waals surface area (Å²) in [6, 6.07) is 6.29. The summed E-state index contributed by atoms with van der Waals surface area (Å²) in [5.41, 5.74) is 3.55. The molecule has 0 aliphatic carbocycles. The second kappa shape index (κ2) is 2.80. The van der Waals surface area contributed by atoms with Crippen LogP contribution in [-0.2, 0) is 0 Å².